The quantitative estimate of drug-likeness (QED) is 0.601. The first-order valence-electron chi connectivity index (χ1n) is 10.7. The number of carbonyl (C=O) groups excluding carboxylic acids is 1. The highest BCUT2D eigenvalue weighted by Gasteiger charge is 2.36. The van der Waals surface area contributed by atoms with E-state index in [9.17, 15) is 21.6 Å². The molecule has 1 amide bonds. The van der Waals surface area contributed by atoms with E-state index in [0.29, 0.717) is 45.7 Å². The second-order valence-corrected chi connectivity index (χ2v) is 11.8. The van der Waals surface area contributed by atoms with Gasteiger partial charge >= 0.3 is 0 Å². The van der Waals surface area contributed by atoms with Gasteiger partial charge in [0, 0.05) is 26.2 Å². The Bertz CT molecular complexity index is 957. The fourth-order valence-corrected chi connectivity index (χ4v) is 7.05. The lowest BCUT2D eigenvalue weighted by molar-refractivity contribution is -0.125. The zero-order valence-corrected chi connectivity index (χ0v) is 19.5. The normalized spacial score (nSPS) is 21.6. The Morgan fingerprint density at radius 2 is 1.74 bits per heavy atom. The first-order chi connectivity index (χ1) is 14.8. The highest BCUT2D eigenvalue weighted by molar-refractivity contribution is 7.89. The summed E-state index contributed by atoms with van der Waals surface area (Å²) in [7, 11) is -7.01. The van der Waals surface area contributed by atoms with Crippen molar-refractivity contribution in [2.75, 3.05) is 38.6 Å². The number of rotatable bonds is 8. The zero-order valence-electron chi connectivity index (χ0n) is 17.8. The second-order valence-electron chi connectivity index (χ2n) is 7.82. The van der Waals surface area contributed by atoms with Crippen LogP contribution in [0, 0.1) is 0 Å². The van der Waals surface area contributed by atoms with E-state index < -0.39 is 26.1 Å². The molecule has 2 fully saturated rings. The van der Waals surface area contributed by atoms with Crippen LogP contribution in [0.1, 0.15) is 38.2 Å². The molecule has 0 radical (unpaired) electrons. The van der Waals surface area contributed by atoms with E-state index in [1.54, 1.807) is 19.1 Å². The van der Waals surface area contributed by atoms with Crippen molar-refractivity contribution in [3.63, 3.8) is 0 Å². The molecule has 1 unspecified atom stereocenters. The summed E-state index contributed by atoms with van der Waals surface area (Å²) in [6.07, 6.45) is 2.58. The minimum absolute atomic E-state index is 0.0376. The predicted octanol–water partition coefficient (Wildman–Crippen LogP) is 0.918. The fraction of sp³-hybridized carbons (Fsp3) is 0.650. The number of amides is 1. The van der Waals surface area contributed by atoms with Crippen LogP contribution < -0.4 is 5.32 Å². The molecule has 11 heteroatoms. The van der Waals surface area contributed by atoms with Gasteiger partial charge in [-0.1, -0.05) is 25.5 Å². The van der Waals surface area contributed by atoms with Crippen molar-refractivity contribution in [2.24, 2.45) is 0 Å². The molecule has 0 aliphatic carbocycles. The number of benzene rings is 1. The Labute approximate surface area is 184 Å². The van der Waals surface area contributed by atoms with Crippen molar-refractivity contribution in [3.8, 4) is 0 Å². The molecule has 1 aromatic rings. The first-order valence-corrected chi connectivity index (χ1v) is 13.7. The van der Waals surface area contributed by atoms with Crippen LogP contribution in [0.25, 0.3) is 0 Å². The van der Waals surface area contributed by atoms with Gasteiger partial charge in [-0.25, -0.2) is 16.8 Å². The maximum Gasteiger partial charge on any atom is 0.243 e. The van der Waals surface area contributed by atoms with Crippen molar-refractivity contribution >= 4 is 26.0 Å². The maximum atomic E-state index is 12.7. The standard InChI is InChI=1S/C20H31N3O6S2/c1-2-15-30(25,26)23-10-4-3-5-19(23)20(24)21-16-17-6-8-18(9-7-17)31(27,28)22-11-13-29-14-12-22/h6-9,19H,2-5,10-16H2,1H3,(H,21,24). The topological polar surface area (TPSA) is 113 Å². The lowest BCUT2D eigenvalue weighted by Crippen LogP contribution is -2.52. The summed E-state index contributed by atoms with van der Waals surface area (Å²) in [5.41, 5.74) is 0.744. The highest BCUT2D eigenvalue weighted by Crippen LogP contribution is 2.22. The molecule has 0 aromatic heterocycles. The van der Waals surface area contributed by atoms with Crippen molar-refractivity contribution in [3.05, 3.63) is 29.8 Å². The van der Waals surface area contributed by atoms with Gasteiger partial charge in [0.2, 0.25) is 26.0 Å². The number of hydrogen-bond acceptors (Lipinski definition) is 6. The van der Waals surface area contributed by atoms with Crippen molar-refractivity contribution < 1.29 is 26.4 Å². The Morgan fingerprint density at radius 1 is 1.06 bits per heavy atom. The van der Waals surface area contributed by atoms with Gasteiger partial charge in [0.1, 0.15) is 6.04 Å². The van der Waals surface area contributed by atoms with Gasteiger partial charge < -0.3 is 10.1 Å². The SMILES string of the molecule is CCCS(=O)(=O)N1CCCCC1C(=O)NCc1ccc(S(=O)(=O)N2CCOCC2)cc1. The number of ether oxygens (including phenoxy) is 1. The van der Waals surface area contributed by atoms with E-state index >= 15 is 0 Å². The average molecular weight is 474 g/mol. The number of nitrogens with zero attached hydrogens (tertiary/aromatic N) is 2. The number of morpholine rings is 1. The van der Waals surface area contributed by atoms with E-state index in [2.05, 4.69) is 5.32 Å². The summed E-state index contributed by atoms with van der Waals surface area (Å²) in [4.78, 5) is 12.9. The third-order valence-corrected chi connectivity index (χ3v) is 9.56. The van der Waals surface area contributed by atoms with Crippen LogP contribution in [0.15, 0.2) is 29.2 Å². The van der Waals surface area contributed by atoms with Crippen LogP contribution in [0.3, 0.4) is 0 Å². The van der Waals surface area contributed by atoms with Crippen molar-refractivity contribution in [2.45, 2.75) is 50.1 Å². The zero-order chi connectivity index (χ0) is 22.5. The average Bonchev–Trinajstić information content (AvgIpc) is 2.78. The highest BCUT2D eigenvalue weighted by atomic mass is 32.2. The van der Waals surface area contributed by atoms with E-state index in [-0.39, 0.29) is 23.1 Å². The molecule has 0 spiro atoms. The molecule has 9 nitrogen and oxygen atoms in total. The van der Waals surface area contributed by atoms with Gasteiger partial charge in [0.05, 0.1) is 23.9 Å². The van der Waals surface area contributed by atoms with Gasteiger partial charge in [0.15, 0.2) is 0 Å². The number of hydrogen-bond donors (Lipinski definition) is 1. The Kier molecular flexibility index (Phi) is 8.08. The molecule has 0 saturated carbocycles. The van der Waals surface area contributed by atoms with Crippen LogP contribution in [0.2, 0.25) is 0 Å². The second kappa shape index (κ2) is 10.4. The molecule has 2 saturated heterocycles. The molecule has 3 rings (SSSR count). The van der Waals surface area contributed by atoms with Gasteiger partial charge in [-0.3, -0.25) is 4.79 Å². The third kappa shape index (κ3) is 5.83. The van der Waals surface area contributed by atoms with Gasteiger partial charge in [0.25, 0.3) is 0 Å². The molecule has 0 bridgehead atoms. The van der Waals surface area contributed by atoms with Crippen LogP contribution in [-0.2, 0) is 36.1 Å². The smallest absolute Gasteiger partial charge is 0.243 e. The minimum atomic E-state index is -3.56. The lowest BCUT2D eigenvalue weighted by Gasteiger charge is -2.33. The van der Waals surface area contributed by atoms with Gasteiger partial charge in [-0.05, 0) is 37.0 Å². The van der Waals surface area contributed by atoms with Crippen LogP contribution >= 0.6 is 0 Å². The molecule has 2 heterocycles. The molecule has 2 aliphatic rings. The summed E-state index contributed by atoms with van der Waals surface area (Å²) in [6.45, 7) is 3.81. The summed E-state index contributed by atoms with van der Waals surface area (Å²) in [6, 6.07) is 5.71. The Hall–Kier alpha value is -1.53. The van der Waals surface area contributed by atoms with Crippen LogP contribution in [-0.4, -0.2) is 76.0 Å². The monoisotopic (exact) mass is 473 g/mol. The molecule has 1 N–H and O–H groups in total. The number of nitrogens with one attached hydrogen (secondary N) is 1. The maximum absolute atomic E-state index is 12.7. The van der Waals surface area contributed by atoms with Gasteiger partial charge in [-0.2, -0.15) is 8.61 Å². The molecular weight excluding hydrogens is 442 g/mol. The predicted molar refractivity (Wildman–Crippen MR) is 116 cm³/mol. The Morgan fingerprint density at radius 3 is 2.39 bits per heavy atom. The van der Waals surface area contributed by atoms with Crippen molar-refractivity contribution in [1.29, 1.82) is 0 Å². The minimum Gasteiger partial charge on any atom is -0.379 e. The van der Waals surface area contributed by atoms with Crippen molar-refractivity contribution in [1.82, 2.24) is 13.9 Å². The largest absolute Gasteiger partial charge is 0.379 e. The number of sulfonamides is 2. The fourth-order valence-electron chi connectivity index (χ4n) is 3.90. The van der Waals surface area contributed by atoms with Crippen LogP contribution in [0.4, 0.5) is 0 Å². The lowest BCUT2D eigenvalue weighted by atomic mass is 10.0. The van der Waals surface area contributed by atoms with E-state index in [1.807, 2.05) is 0 Å². The van der Waals surface area contributed by atoms with E-state index in [0.717, 1.165) is 18.4 Å². The number of carbonyl (C=O) groups is 1. The Balaban J connectivity index is 1.62. The van der Waals surface area contributed by atoms with Crippen LogP contribution in [0.5, 0.6) is 0 Å². The molecule has 174 valence electrons. The third-order valence-electron chi connectivity index (χ3n) is 5.57. The first kappa shape index (κ1) is 24.1. The summed E-state index contributed by atoms with van der Waals surface area (Å²) in [5.74, 6) is -0.278. The summed E-state index contributed by atoms with van der Waals surface area (Å²) < 4.78 is 58.4. The number of piperidine rings is 1. The molecule has 1 aromatic carbocycles. The molecular formula is C20H31N3O6S2. The van der Waals surface area contributed by atoms with E-state index in [4.69, 9.17) is 4.74 Å². The molecule has 2 aliphatic heterocycles. The van der Waals surface area contributed by atoms with E-state index in [1.165, 1.54) is 20.7 Å². The molecule has 31 heavy (non-hydrogen) atoms. The van der Waals surface area contributed by atoms with Gasteiger partial charge in [-0.15, -0.1) is 0 Å². The molecule has 1 atom stereocenters. The summed E-state index contributed by atoms with van der Waals surface area (Å²) >= 11 is 0. The summed E-state index contributed by atoms with van der Waals surface area (Å²) in [5, 5.41) is 2.81.